The maximum atomic E-state index is 13.7. The van der Waals surface area contributed by atoms with Crippen LogP contribution < -0.4 is 5.73 Å². The van der Waals surface area contributed by atoms with E-state index in [4.69, 9.17) is 10.5 Å². The predicted molar refractivity (Wildman–Crippen MR) is 145 cm³/mol. The van der Waals surface area contributed by atoms with E-state index in [2.05, 4.69) is 9.97 Å². The molecule has 1 saturated heterocycles. The molecule has 9 heteroatoms. The quantitative estimate of drug-likeness (QED) is 0.406. The number of hydrogen-bond acceptors (Lipinski definition) is 7. The first-order valence-corrected chi connectivity index (χ1v) is 12.9. The summed E-state index contributed by atoms with van der Waals surface area (Å²) in [5.74, 6) is -0.858. The van der Waals surface area contributed by atoms with E-state index < -0.39 is 12.0 Å². The van der Waals surface area contributed by atoms with E-state index in [0.29, 0.717) is 48.1 Å². The second-order valence-electron chi connectivity index (χ2n) is 9.82. The summed E-state index contributed by atoms with van der Waals surface area (Å²) in [7, 11) is 1.33. The average molecular weight is 522 g/mol. The molecule has 2 aliphatic heterocycles. The molecule has 2 amide bonds. The lowest BCUT2D eigenvalue weighted by Gasteiger charge is -2.24. The number of nitrogens with two attached hydrogens (primary N) is 1. The van der Waals surface area contributed by atoms with Crippen molar-refractivity contribution in [3.05, 3.63) is 89.1 Å². The van der Waals surface area contributed by atoms with E-state index in [-0.39, 0.29) is 23.5 Å². The summed E-state index contributed by atoms with van der Waals surface area (Å²) in [6.45, 7) is 1.47. The fraction of sp³-hybridized carbons (Fsp3) is 0.233. The van der Waals surface area contributed by atoms with Crippen molar-refractivity contribution in [2.45, 2.75) is 32.0 Å². The molecule has 39 heavy (non-hydrogen) atoms. The normalized spacial score (nSPS) is 16.4. The number of benzene rings is 3. The summed E-state index contributed by atoms with van der Waals surface area (Å²) in [6.07, 6.45) is 1.30. The minimum absolute atomic E-state index is 0.0220. The summed E-state index contributed by atoms with van der Waals surface area (Å²) >= 11 is 0. The van der Waals surface area contributed by atoms with Crippen LogP contribution in [0.1, 0.15) is 44.8 Å². The molecule has 1 atom stereocenters. The van der Waals surface area contributed by atoms with Gasteiger partial charge in [0.15, 0.2) is 0 Å². The smallest absolute Gasteiger partial charge is 0.328 e. The van der Waals surface area contributed by atoms with Crippen LogP contribution in [0.2, 0.25) is 0 Å². The summed E-state index contributed by atoms with van der Waals surface area (Å²) in [5, 5.41) is 0.554. The summed E-state index contributed by atoms with van der Waals surface area (Å²) in [5.41, 5.74) is 10.9. The Morgan fingerprint density at radius 3 is 2.38 bits per heavy atom. The van der Waals surface area contributed by atoms with Crippen molar-refractivity contribution in [1.82, 2.24) is 19.8 Å². The highest BCUT2D eigenvalue weighted by atomic mass is 16.5. The Hall–Kier alpha value is -4.79. The number of likely N-dealkylation sites (tertiary alicyclic amines) is 1. The van der Waals surface area contributed by atoms with Crippen molar-refractivity contribution >= 4 is 34.6 Å². The van der Waals surface area contributed by atoms with Crippen LogP contribution in [-0.2, 0) is 22.6 Å². The van der Waals surface area contributed by atoms with Crippen LogP contribution in [0.5, 0.6) is 0 Å². The molecule has 0 spiro atoms. The van der Waals surface area contributed by atoms with Gasteiger partial charge in [0.05, 0.1) is 12.6 Å². The van der Waals surface area contributed by atoms with Crippen LogP contribution >= 0.6 is 0 Å². The largest absolute Gasteiger partial charge is 0.467 e. The summed E-state index contributed by atoms with van der Waals surface area (Å²) in [6, 6.07) is 20.1. The lowest BCUT2D eigenvalue weighted by Crippen LogP contribution is -2.41. The standard InChI is InChI=1S/C30H27N5O4/c1-39-29(38)25-11-6-14-35(25)27(36)22-10-5-4-9-21(22)18-12-13-24-23(15-18)26(33-30(31)32-24)28(37)34-16-19-7-2-3-8-20(19)17-34/h2-5,7-10,12-13,15,25H,6,11,14,16-17H2,1H3,(H2,31,32,33). The molecule has 1 fully saturated rings. The molecule has 0 radical (unpaired) electrons. The summed E-state index contributed by atoms with van der Waals surface area (Å²) in [4.78, 5) is 51.7. The van der Waals surface area contributed by atoms with E-state index in [1.807, 2.05) is 48.5 Å². The van der Waals surface area contributed by atoms with Crippen molar-refractivity contribution in [1.29, 1.82) is 0 Å². The van der Waals surface area contributed by atoms with Crippen molar-refractivity contribution in [3.63, 3.8) is 0 Å². The highest BCUT2D eigenvalue weighted by Gasteiger charge is 2.36. The van der Waals surface area contributed by atoms with E-state index in [1.54, 1.807) is 28.0 Å². The Labute approximate surface area is 225 Å². The molecule has 3 heterocycles. The number of esters is 1. The van der Waals surface area contributed by atoms with E-state index in [0.717, 1.165) is 23.1 Å². The first-order valence-electron chi connectivity index (χ1n) is 12.9. The molecule has 196 valence electrons. The molecular formula is C30H27N5O4. The van der Waals surface area contributed by atoms with Crippen LogP contribution in [0, 0.1) is 0 Å². The van der Waals surface area contributed by atoms with Crippen molar-refractivity contribution in [2.24, 2.45) is 0 Å². The van der Waals surface area contributed by atoms with Gasteiger partial charge >= 0.3 is 5.97 Å². The number of nitrogen functional groups attached to an aromatic ring is 1. The van der Waals surface area contributed by atoms with Gasteiger partial charge in [0.25, 0.3) is 11.8 Å². The van der Waals surface area contributed by atoms with Gasteiger partial charge in [-0.2, -0.15) is 0 Å². The number of fused-ring (bicyclic) bond motifs is 2. The molecule has 0 aliphatic carbocycles. The van der Waals surface area contributed by atoms with Crippen molar-refractivity contribution < 1.29 is 19.1 Å². The molecule has 0 bridgehead atoms. The van der Waals surface area contributed by atoms with Crippen LogP contribution in [0.4, 0.5) is 5.95 Å². The third-order valence-electron chi connectivity index (χ3n) is 7.50. The topological polar surface area (TPSA) is 119 Å². The van der Waals surface area contributed by atoms with Gasteiger partial charge in [-0.25, -0.2) is 14.8 Å². The fourth-order valence-corrected chi connectivity index (χ4v) is 5.57. The molecule has 6 rings (SSSR count). The second-order valence-corrected chi connectivity index (χ2v) is 9.82. The van der Waals surface area contributed by atoms with Gasteiger partial charge in [-0.3, -0.25) is 9.59 Å². The lowest BCUT2D eigenvalue weighted by atomic mass is 9.96. The fourth-order valence-electron chi connectivity index (χ4n) is 5.57. The molecule has 2 N–H and O–H groups in total. The van der Waals surface area contributed by atoms with E-state index in [1.165, 1.54) is 7.11 Å². The number of methoxy groups -OCH3 is 1. The number of carbonyl (C=O) groups excluding carboxylic acids is 3. The number of carbonyl (C=O) groups is 3. The van der Waals surface area contributed by atoms with Crippen molar-refractivity contribution in [2.75, 3.05) is 19.4 Å². The van der Waals surface area contributed by atoms with E-state index >= 15 is 0 Å². The third-order valence-corrected chi connectivity index (χ3v) is 7.50. The van der Waals surface area contributed by atoms with Gasteiger partial charge < -0.3 is 20.3 Å². The zero-order valence-corrected chi connectivity index (χ0v) is 21.5. The second kappa shape index (κ2) is 9.83. The Kier molecular flexibility index (Phi) is 6.18. The number of anilines is 1. The molecule has 0 saturated carbocycles. The maximum Gasteiger partial charge on any atom is 0.328 e. The maximum absolute atomic E-state index is 13.7. The van der Waals surface area contributed by atoms with Gasteiger partial charge in [0.2, 0.25) is 5.95 Å². The monoisotopic (exact) mass is 521 g/mol. The zero-order chi connectivity index (χ0) is 27.1. The highest BCUT2D eigenvalue weighted by molar-refractivity contribution is 6.07. The number of ether oxygens (including phenoxy) is 1. The van der Waals surface area contributed by atoms with Crippen LogP contribution in [0.25, 0.3) is 22.0 Å². The number of nitrogens with zero attached hydrogens (tertiary/aromatic N) is 4. The molecule has 3 aromatic carbocycles. The Balaban J connectivity index is 1.39. The number of aromatic nitrogens is 2. The minimum Gasteiger partial charge on any atom is -0.467 e. The number of amides is 2. The predicted octanol–water partition coefficient (Wildman–Crippen LogP) is 3.81. The lowest BCUT2D eigenvalue weighted by molar-refractivity contribution is -0.145. The molecule has 1 unspecified atom stereocenters. The minimum atomic E-state index is -0.600. The average Bonchev–Trinajstić information content (AvgIpc) is 3.63. The van der Waals surface area contributed by atoms with E-state index in [9.17, 15) is 14.4 Å². The van der Waals surface area contributed by atoms with Gasteiger partial charge in [-0.15, -0.1) is 0 Å². The van der Waals surface area contributed by atoms with Gasteiger partial charge in [-0.05, 0) is 53.3 Å². The first kappa shape index (κ1) is 24.5. The molecule has 1 aromatic heterocycles. The van der Waals surface area contributed by atoms with Crippen LogP contribution in [-0.4, -0.2) is 57.2 Å². The molecular weight excluding hydrogens is 494 g/mol. The summed E-state index contributed by atoms with van der Waals surface area (Å²) < 4.78 is 4.93. The SMILES string of the molecule is COC(=O)C1CCCN1C(=O)c1ccccc1-c1ccc2nc(N)nc(C(=O)N3Cc4ccccc4C3)c2c1. The Morgan fingerprint density at radius 1 is 0.923 bits per heavy atom. The van der Waals surface area contributed by atoms with Crippen LogP contribution in [0.3, 0.4) is 0 Å². The van der Waals surface area contributed by atoms with Gasteiger partial charge in [0.1, 0.15) is 11.7 Å². The van der Waals surface area contributed by atoms with Gasteiger partial charge in [-0.1, -0.05) is 48.5 Å². The molecule has 2 aliphatic rings. The number of rotatable bonds is 4. The zero-order valence-electron chi connectivity index (χ0n) is 21.5. The number of hydrogen-bond donors (Lipinski definition) is 1. The third kappa shape index (κ3) is 4.35. The van der Waals surface area contributed by atoms with Gasteiger partial charge in [0, 0.05) is 30.6 Å². The molecule has 9 nitrogen and oxygen atoms in total. The highest BCUT2D eigenvalue weighted by Crippen LogP contribution is 2.32. The van der Waals surface area contributed by atoms with Crippen LogP contribution in [0.15, 0.2) is 66.7 Å². The molecule has 4 aromatic rings. The first-order chi connectivity index (χ1) is 18.9. The Morgan fingerprint density at radius 2 is 1.64 bits per heavy atom. The van der Waals surface area contributed by atoms with Crippen molar-refractivity contribution in [3.8, 4) is 11.1 Å². The Bertz CT molecular complexity index is 1610.